The number of carbonyl (C=O) groups excluding carboxylic acids is 1. The summed E-state index contributed by atoms with van der Waals surface area (Å²) in [5, 5.41) is 8.45. The molecule has 0 unspecified atom stereocenters. The average Bonchev–Trinajstić information content (AvgIpc) is 2.28. The van der Waals surface area contributed by atoms with Crippen molar-refractivity contribution in [3.63, 3.8) is 0 Å². The van der Waals surface area contributed by atoms with Gasteiger partial charge >= 0.3 is 49.9 Å². The van der Waals surface area contributed by atoms with Gasteiger partial charge in [-0.25, -0.2) is 9.59 Å². The van der Waals surface area contributed by atoms with E-state index in [9.17, 15) is 9.59 Å². The molecule has 1 aromatic rings. The molecule has 7 heteroatoms. The molecule has 0 aromatic heterocycles. The van der Waals surface area contributed by atoms with Crippen LogP contribution in [0.15, 0.2) is 30.3 Å². The molecule has 0 heterocycles. The van der Waals surface area contributed by atoms with Gasteiger partial charge in [-0.1, -0.05) is 18.2 Å². The van der Waals surface area contributed by atoms with E-state index in [0.29, 0.717) is 5.56 Å². The molecule has 6 nitrogen and oxygen atoms in total. The number of ether oxygens (including phenoxy) is 1. The van der Waals surface area contributed by atoms with Gasteiger partial charge in [0.15, 0.2) is 0 Å². The molecule has 1 rings (SSSR count). The first-order valence-electron chi connectivity index (χ1n) is 5.21. The predicted molar refractivity (Wildman–Crippen MR) is 69.5 cm³/mol. The van der Waals surface area contributed by atoms with Crippen LogP contribution in [0.5, 0.6) is 0 Å². The molecule has 0 aliphatic heterocycles. The van der Waals surface area contributed by atoms with Crippen molar-refractivity contribution < 1.29 is 29.2 Å². The summed E-state index contributed by atoms with van der Waals surface area (Å²) in [7, 11) is 0. The zero-order valence-electron chi connectivity index (χ0n) is 10.1. The molecule has 0 saturated carbocycles. The van der Waals surface area contributed by atoms with E-state index < -0.39 is 17.7 Å². The summed E-state index contributed by atoms with van der Waals surface area (Å²) in [5.41, 5.74) is -0.752. The van der Waals surface area contributed by atoms with Gasteiger partial charge < -0.3 is 9.84 Å². The van der Waals surface area contributed by atoms with Crippen molar-refractivity contribution in [3.8, 4) is 0 Å². The second-order valence-corrected chi connectivity index (χ2v) is 4.13. The summed E-state index contributed by atoms with van der Waals surface area (Å²) in [6.07, 6.45) is -1.42. The third kappa shape index (κ3) is 7.37. The molecule has 0 amide bonds. The predicted octanol–water partition coefficient (Wildman–Crippen LogP) is 1.33. The van der Waals surface area contributed by atoms with Gasteiger partial charge in [-0.05, 0) is 26.0 Å². The molecule has 0 bridgehead atoms. The van der Waals surface area contributed by atoms with Crippen LogP contribution >= 0.6 is 0 Å². The molecule has 0 radical (unpaired) electrons. The van der Waals surface area contributed by atoms with Crippen LogP contribution in [0.4, 0.5) is 4.79 Å². The minimum atomic E-state index is -1.42. The minimum absolute atomic E-state index is 0. The third-order valence-electron chi connectivity index (χ3n) is 1.91. The van der Waals surface area contributed by atoms with Crippen LogP contribution in [0.1, 0.15) is 24.2 Å². The molecule has 0 saturated heterocycles. The van der Waals surface area contributed by atoms with E-state index in [4.69, 9.17) is 5.11 Å². The third-order valence-corrected chi connectivity index (χ3v) is 1.91. The summed E-state index contributed by atoms with van der Waals surface area (Å²) in [6.45, 7) is 2.80. The Morgan fingerprint density at radius 3 is 2.32 bits per heavy atom. The number of hydrogen-bond donors (Lipinski definition) is 1. The molecule has 19 heavy (non-hydrogen) atoms. The quantitative estimate of drug-likeness (QED) is 0.382. The topological polar surface area (TPSA) is 82.1 Å². The maximum absolute atomic E-state index is 11.4. The summed E-state index contributed by atoms with van der Waals surface area (Å²) >= 11 is 0. The van der Waals surface area contributed by atoms with Crippen molar-refractivity contribution in [1.82, 2.24) is 0 Å². The molecule has 0 atom stereocenters. The first-order chi connectivity index (χ1) is 8.41. The molecule has 0 spiro atoms. The van der Waals surface area contributed by atoms with Crippen LogP contribution in [0, 0.1) is 0 Å². The Morgan fingerprint density at radius 1 is 1.21 bits per heavy atom. The van der Waals surface area contributed by atoms with E-state index in [1.807, 2.05) is 0 Å². The van der Waals surface area contributed by atoms with Crippen LogP contribution < -0.4 is 0 Å². The molecular formula is C12H16CaO6. The van der Waals surface area contributed by atoms with Crippen LogP contribution in [0.25, 0.3) is 0 Å². The molecule has 0 aliphatic carbocycles. The summed E-state index contributed by atoms with van der Waals surface area (Å²) in [5.74, 6) is -0.651. The molecule has 102 valence electrons. The van der Waals surface area contributed by atoms with Gasteiger partial charge in [0.25, 0.3) is 0 Å². The summed E-state index contributed by atoms with van der Waals surface area (Å²) < 4.78 is 4.53. The molecule has 0 fully saturated rings. The number of hydrogen-bond acceptors (Lipinski definition) is 5. The zero-order chi connectivity index (χ0) is 13.6. The van der Waals surface area contributed by atoms with Gasteiger partial charge in [0.05, 0.1) is 5.56 Å². The Labute approximate surface area is 140 Å². The number of rotatable bonds is 5. The van der Waals surface area contributed by atoms with Crippen LogP contribution in [0.2, 0.25) is 0 Å². The Balaban J connectivity index is 0.00000324. The zero-order valence-corrected chi connectivity index (χ0v) is 10.1. The van der Waals surface area contributed by atoms with Crippen molar-refractivity contribution in [2.75, 3.05) is 6.61 Å². The van der Waals surface area contributed by atoms with E-state index in [1.165, 1.54) is 13.8 Å². The standard InChI is InChI=1S/C12H14O6.Ca.2H/c1-12(2,17-11(14)15)8-16-18-10(13)9-6-4-3-5-7-9;;;/h3-7H,8H2,1-2H3,(H,14,15);;;. The van der Waals surface area contributed by atoms with Crippen LogP contribution in [-0.2, 0) is 14.5 Å². The molecule has 0 aliphatic rings. The monoisotopic (exact) mass is 296 g/mol. The first-order valence-corrected chi connectivity index (χ1v) is 5.21. The van der Waals surface area contributed by atoms with Crippen LogP contribution in [0.3, 0.4) is 0 Å². The molecule has 1 aromatic carbocycles. The van der Waals surface area contributed by atoms with Crippen molar-refractivity contribution in [2.45, 2.75) is 19.4 Å². The van der Waals surface area contributed by atoms with Crippen molar-refractivity contribution in [3.05, 3.63) is 35.9 Å². The number of benzene rings is 1. The van der Waals surface area contributed by atoms with Crippen molar-refractivity contribution >= 4 is 49.9 Å². The molecular weight excluding hydrogens is 280 g/mol. The van der Waals surface area contributed by atoms with E-state index >= 15 is 0 Å². The summed E-state index contributed by atoms with van der Waals surface area (Å²) in [4.78, 5) is 31.0. The fraction of sp³-hybridized carbons (Fsp3) is 0.333. The second kappa shape index (κ2) is 8.37. The normalized spacial score (nSPS) is 10.2. The Kier molecular flexibility index (Phi) is 8.01. The molecule has 1 N–H and O–H groups in total. The first kappa shape index (κ1) is 18.2. The van der Waals surface area contributed by atoms with Gasteiger partial charge in [0.2, 0.25) is 0 Å². The maximum atomic E-state index is 11.4. The Hall–Kier alpha value is -0.820. The number of carbonyl (C=O) groups is 2. The van der Waals surface area contributed by atoms with Crippen LogP contribution in [-0.4, -0.2) is 67.2 Å². The van der Waals surface area contributed by atoms with Gasteiger partial charge in [-0.2, -0.15) is 4.89 Å². The fourth-order valence-electron chi connectivity index (χ4n) is 1.11. The van der Waals surface area contributed by atoms with Gasteiger partial charge in [-0.15, -0.1) is 0 Å². The van der Waals surface area contributed by atoms with E-state index in [-0.39, 0.29) is 44.3 Å². The van der Waals surface area contributed by atoms with E-state index in [0.717, 1.165) is 0 Å². The van der Waals surface area contributed by atoms with E-state index in [1.54, 1.807) is 30.3 Å². The summed E-state index contributed by atoms with van der Waals surface area (Å²) in [6, 6.07) is 8.29. The van der Waals surface area contributed by atoms with Crippen molar-refractivity contribution in [2.24, 2.45) is 0 Å². The number of carboxylic acid groups (broad SMARTS) is 1. The fourth-order valence-corrected chi connectivity index (χ4v) is 1.11. The Morgan fingerprint density at radius 2 is 1.79 bits per heavy atom. The SMILES string of the molecule is CC(C)(COOC(=O)c1ccccc1)OC(=O)O.[CaH2]. The Bertz CT molecular complexity index is 417. The van der Waals surface area contributed by atoms with Gasteiger partial charge in [-0.3, -0.25) is 4.89 Å². The van der Waals surface area contributed by atoms with E-state index in [2.05, 4.69) is 14.5 Å². The van der Waals surface area contributed by atoms with Gasteiger partial charge in [0, 0.05) is 0 Å². The van der Waals surface area contributed by atoms with Crippen molar-refractivity contribution in [1.29, 1.82) is 0 Å². The van der Waals surface area contributed by atoms with Gasteiger partial charge in [0.1, 0.15) is 12.2 Å². The average molecular weight is 296 g/mol. The second-order valence-electron chi connectivity index (χ2n) is 4.13.